The third kappa shape index (κ3) is 4.86. The van der Waals surface area contributed by atoms with Gasteiger partial charge in [0.15, 0.2) is 5.03 Å². The molecule has 5 rings (SSSR count). The van der Waals surface area contributed by atoms with Gasteiger partial charge in [0.25, 0.3) is 0 Å². The molecule has 1 aromatic heterocycles. The second-order valence-electron chi connectivity index (χ2n) is 8.32. The first kappa shape index (κ1) is 23.5. The number of hydrogen-bond acceptors (Lipinski definition) is 5. The molecule has 0 aliphatic carbocycles. The van der Waals surface area contributed by atoms with Crippen molar-refractivity contribution in [3.8, 4) is 5.75 Å². The Morgan fingerprint density at radius 3 is 2.58 bits per heavy atom. The minimum absolute atomic E-state index is 0. The zero-order valence-corrected chi connectivity index (χ0v) is 20.0. The molecular formula is C25H28ClN3O3S. The molecule has 1 fully saturated rings. The van der Waals surface area contributed by atoms with E-state index in [-0.39, 0.29) is 22.3 Å². The van der Waals surface area contributed by atoms with Crippen molar-refractivity contribution >= 4 is 43.9 Å². The standard InChI is InChI=1S/C25H27N3O3S.ClH/c29-32(30,24-11-6-9-19-8-2-3-10-21(19)24)25-22-18-20(12-13-23(22)26-27-25)31-17-7-16-28-14-4-1-5-15-28;/h2-3,6,8-13,18H,1,4-5,7,14-17H2,(H,26,27);1H. The topological polar surface area (TPSA) is 75.3 Å². The Labute approximate surface area is 200 Å². The van der Waals surface area contributed by atoms with Gasteiger partial charge in [0.05, 0.1) is 17.0 Å². The Morgan fingerprint density at radius 2 is 1.73 bits per heavy atom. The average molecular weight is 486 g/mol. The molecule has 174 valence electrons. The number of halogens is 1. The fraction of sp³-hybridized carbons (Fsp3) is 0.320. The van der Waals surface area contributed by atoms with Crippen LogP contribution < -0.4 is 4.74 Å². The number of rotatable bonds is 7. The summed E-state index contributed by atoms with van der Waals surface area (Å²) in [5.41, 5.74) is 0.601. The highest BCUT2D eigenvalue weighted by atomic mass is 35.5. The number of sulfone groups is 1. The van der Waals surface area contributed by atoms with E-state index in [0.29, 0.717) is 28.6 Å². The normalized spacial score (nSPS) is 14.9. The molecule has 1 saturated heterocycles. The number of nitrogens with one attached hydrogen (secondary N) is 1. The maximum Gasteiger partial charge on any atom is 0.224 e. The van der Waals surface area contributed by atoms with Crippen LogP contribution in [-0.2, 0) is 9.84 Å². The molecule has 0 atom stereocenters. The monoisotopic (exact) mass is 485 g/mol. The van der Waals surface area contributed by atoms with E-state index >= 15 is 0 Å². The second-order valence-corrected chi connectivity index (χ2v) is 10.2. The van der Waals surface area contributed by atoms with Gasteiger partial charge < -0.3 is 9.64 Å². The maximum absolute atomic E-state index is 13.6. The second kappa shape index (κ2) is 10.1. The molecule has 33 heavy (non-hydrogen) atoms. The summed E-state index contributed by atoms with van der Waals surface area (Å²) >= 11 is 0. The lowest BCUT2D eigenvalue weighted by Crippen LogP contribution is -2.31. The largest absolute Gasteiger partial charge is 0.494 e. The first-order valence-electron chi connectivity index (χ1n) is 11.2. The molecule has 6 nitrogen and oxygen atoms in total. The van der Waals surface area contributed by atoms with Crippen molar-refractivity contribution in [1.82, 2.24) is 15.1 Å². The molecule has 0 bridgehead atoms. The first-order chi connectivity index (χ1) is 15.6. The van der Waals surface area contributed by atoms with E-state index in [2.05, 4.69) is 15.1 Å². The van der Waals surface area contributed by atoms with Crippen LogP contribution in [0.15, 0.2) is 70.6 Å². The van der Waals surface area contributed by atoms with Crippen LogP contribution in [0.4, 0.5) is 0 Å². The molecule has 3 aromatic carbocycles. The van der Waals surface area contributed by atoms with E-state index < -0.39 is 9.84 Å². The van der Waals surface area contributed by atoms with Crippen molar-refractivity contribution < 1.29 is 13.2 Å². The Bertz CT molecular complexity index is 1340. The highest BCUT2D eigenvalue weighted by molar-refractivity contribution is 7.91. The third-order valence-electron chi connectivity index (χ3n) is 6.13. The van der Waals surface area contributed by atoms with E-state index in [0.717, 1.165) is 18.4 Å². The van der Waals surface area contributed by atoms with Crippen molar-refractivity contribution in [2.45, 2.75) is 35.6 Å². The number of likely N-dealkylation sites (tertiary alicyclic amines) is 1. The molecule has 0 saturated carbocycles. The van der Waals surface area contributed by atoms with Gasteiger partial charge in [0.2, 0.25) is 9.84 Å². The van der Waals surface area contributed by atoms with Crippen LogP contribution in [0.25, 0.3) is 21.7 Å². The van der Waals surface area contributed by atoms with Gasteiger partial charge in [-0.25, -0.2) is 8.42 Å². The smallest absolute Gasteiger partial charge is 0.224 e. The Balaban J connectivity index is 0.00000259. The summed E-state index contributed by atoms with van der Waals surface area (Å²) in [6.45, 7) is 3.99. The molecule has 1 aliphatic rings. The highest BCUT2D eigenvalue weighted by Gasteiger charge is 2.25. The number of aromatic amines is 1. The van der Waals surface area contributed by atoms with Crippen molar-refractivity contribution in [3.63, 3.8) is 0 Å². The molecular weight excluding hydrogens is 458 g/mol. The zero-order chi connectivity index (χ0) is 22.0. The fourth-order valence-corrected chi connectivity index (χ4v) is 6.03. The van der Waals surface area contributed by atoms with Gasteiger partial charge >= 0.3 is 0 Å². The Hall–Kier alpha value is -2.61. The molecule has 8 heteroatoms. The van der Waals surface area contributed by atoms with Crippen LogP contribution in [-0.4, -0.2) is 49.8 Å². The van der Waals surface area contributed by atoms with Crippen molar-refractivity contribution in [3.05, 3.63) is 60.7 Å². The van der Waals surface area contributed by atoms with Gasteiger partial charge in [-0.15, -0.1) is 12.4 Å². The number of aromatic nitrogens is 2. The summed E-state index contributed by atoms with van der Waals surface area (Å²) < 4.78 is 33.1. The summed E-state index contributed by atoms with van der Waals surface area (Å²) in [5, 5.41) is 9.21. The predicted molar refractivity (Wildman–Crippen MR) is 133 cm³/mol. The van der Waals surface area contributed by atoms with Gasteiger partial charge in [0.1, 0.15) is 5.75 Å². The quantitative estimate of drug-likeness (QED) is 0.363. The van der Waals surface area contributed by atoms with E-state index in [9.17, 15) is 8.42 Å². The zero-order valence-electron chi connectivity index (χ0n) is 18.4. The van der Waals surface area contributed by atoms with E-state index in [4.69, 9.17) is 4.74 Å². The summed E-state index contributed by atoms with van der Waals surface area (Å²) in [6.07, 6.45) is 4.85. The molecule has 0 spiro atoms. The van der Waals surface area contributed by atoms with Crippen LogP contribution in [0.5, 0.6) is 5.75 Å². The van der Waals surface area contributed by atoms with Gasteiger partial charge in [-0.05, 0) is 62.0 Å². The summed E-state index contributed by atoms with van der Waals surface area (Å²) in [6, 6.07) is 18.2. The molecule has 0 unspecified atom stereocenters. The predicted octanol–water partition coefficient (Wildman–Crippen LogP) is 5.23. The molecule has 4 aromatic rings. The fourth-order valence-electron chi connectivity index (χ4n) is 4.46. The SMILES string of the molecule is Cl.O=S(=O)(c1cccc2ccccc12)c1[nH]nc2ccc(OCCCN3CCCCC3)cc12. The van der Waals surface area contributed by atoms with Crippen LogP contribution >= 0.6 is 12.4 Å². The van der Waals surface area contributed by atoms with Crippen molar-refractivity contribution in [2.24, 2.45) is 0 Å². The number of piperidine rings is 1. The first-order valence-corrected chi connectivity index (χ1v) is 12.7. The number of H-pyrrole nitrogens is 1. The van der Waals surface area contributed by atoms with Gasteiger partial charge in [-0.2, -0.15) is 5.10 Å². The number of hydrogen-bond donors (Lipinski definition) is 1. The van der Waals surface area contributed by atoms with Crippen molar-refractivity contribution in [1.29, 1.82) is 0 Å². The molecule has 0 radical (unpaired) electrons. The minimum Gasteiger partial charge on any atom is -0.494 e. The third-order valence-corrected chi connectivity index (χ3v) is 7.92. The summed E-state index contributed by atoms with van der Waals surface area (Å²) in [7, 11) is -3.79. The van der Waals surface area contributed by atoms with Crippen LogP contribution in [0, 0.1) is 0 Å². The highest BCUT2D eigenvalue weighted by Crippen LogP contribution is 2.32. The van der Waals surface area contributed by atoms with E-state index in [1.807, 2.05) is 36.4 Å². The number of fused-ring (bicyclic) bond motifs is 2. The van der Waals surface area contributed by atoms with Crippen LogP contribution in [0.1, 0.15) is 25.7 Å². The minimum atomic E-state index is -3.79. The number of nitrogens with zero attached hydrogens (tertiary/aromatic N) is 2. The maximum atomic E-state index is 13.6. The Morgan fingerprint density at radius 1 is 0.939 bits per heavy atom. The summed E-state index contributed by atoms with van der Waals surface area (Å²) in [4.78, 5) is 2.76. The van der Waals surface area contributed by atoms with E-state index in [1.165, 1.54) is 32.4 Å². The molecule has 1 N–H and O–H groups in total. The molecule has 0 amide bonds. The Kier molecular flexibility index (Phi) is 7.22. The van der Waals surface area contributed by atoms with Gasteiger partial charge in [-0.3, -0.25) is 5.10 Å². The summed E-state index contributed by atoms with van der Waals surface area (Å²) in [5.74, 6) is 0.659. The van der Waals surface area contributed by atoms with Crippen LogP contribution in [0.2, 0.25) is 0 Å². The number of benzene rings is 3. The lowest BCUT2D eigenvalue weighted by atomic mass is 10.1. The van der Waals surface area contributed by atoms with Crippen LogP contribution in [0.3, 0.4) is 0 Å². The molecule has 2 heterocycles. The van der Waals surface area contributed by atoms with Crippen molar-refractivity contribution in [2.75, 3.05) is 26.2 Å². The van der Waals surface area contributed by atoms with Gasteiger partial charge in [0, 0.05) is 17.3 Å². The van der Waals surface area contributed by atoms with Gasteiger partial charge in [-0.1, -0.05) is 42.8 Å². The van der Waals surface area contributed by atoms with E-state index in [1.54, 1.807) is 24.3 Å². The number of ether oxygens (including phenoxy) is 1. The lowest BCUT2D eigenvalue weighted by molar-refractivity contribution is 0.205. The average Bonchev–Trinajstić information content (AvgIpc) is 3.26. The molecule has 1 aliphatic heterocycles. The lowest BCUT2D eigenvalue weighted by Gasteiger charge is -2.26.